The number of hydrogen-bond acceptors (Lipinski definition) is 7. The summed E-state index contributed by atoms with van der Waals surface area (Å²) in [5.74, 6) is -1.65. The fourth-order valence-corrected chi connectivity index (χ4v) is 3.45. The molecule has 2 aromatic carbocycles. The van der Waals surface area contributed by atoms with E-state index in [9.17, 15) is 0 Å². The molecule has 3 rings (SSSR count). The topological polar surface area (TPSA) is 118 Å². The first kappa shape index (κ1) is 24.0. The molecule has 0 saturated carbocycles. The predicted octanol–water partition coefficient (Wildman–Crippen LogP) is 1.86. The Balaban J connectivity index is 0.000000501. The van der Waals surface area contributed by atoms with Crippen molar-refractivity contribution in [1.82, 2.24) is 10.2 Å². The van der Waals surface area contributed by atoms with Gasteiger partial charge in [-0.15, -0.1) is 0 Å². The molecule has 0 aromatic heterocycles. The van der Waals surface area contributed by atoms with Crippen molar-refractivity contribution in [3.8, 4) is 17.2 Å². The molecule has 1 saturated heterocycles. The van der Waals surface area contributed by atoms with Gasteiger partial charge in [-0.05, 0) is 23.3 Å². The van der Waals surface area contributed by atoms with Crippen LogP contribution in [0.3, 0.4) is 0 Å². The van der Waals surface area contributed by atoms with Gasteiger partial charge in [-0.2, -0.15) is 0 Å². The van der Waals surface area contributed by atoms with Crippen molar-refractivity contribution in [2.45, 2.75) is 6.04 Å². The van der Waals surface area contributed by atoms with Crippen molar-refractivity contribution in [2.24, 2.45) is 0 Å². The zero-order valence-electron chi connectivity index (χ0n) is 17.8. The third-order valence-corrected chi connectivity index (χ3v) is 4.82. The number of piperazine rings is 1. The first-order chi connectivity index (χ1) is 14.9. The van der Waals surface area contributed by atoms with Gasteiger partial charge in [0.1, 0.15) is 0 Å². The maximum atomic E-state index is 9.10. The molecule has 0 spiro atoms. The third kappa shape index (κ3) is 6.34. The van der Waals surface area contributed by atoms with Gasteiger partial charge in [0.2, 0.25) is 5.75 Å². The normalized spacial score (nSPS) is 14.5. The molecule has 0 bridgehead atoms. The average molecular weight is 432 g/mol. The van der Waals surface area contributed by atoms with Gasteiger partial charge in [-0.3, -0.25) is 4.90 Å². The second-order valence-electron chi connectivity index (χ2n) is 6.67. The number of rotatable bonds is 6. The summed E-state index contributed by atoms with van der Waals surface area (Å²) >= 11 is 0. The number of carbonyl (C=O) groups is 2. The van der Waals surface area contributed by atoms with Gasteiger partial charge in [0.15, 0.2) is 11.5 Å². The predicted molar refractivity (Wildman–Crippen MR) is 114 cm³/mol. The van der Waals surface area contributed by atoms with Gasteiger partial charge in [0.25, 0.3) is 0 Å². The fraction of sp³-hybridized carbons (Fsp3) is 0.364. The smallest absolute Gasteiger partial charge is 0.414 e. The summed E-state index contributed by atoms with van der Waals surface area (Å²) in [4.78, 5) is 20.7. The molecule has 9 heteroatoms. The van der Waals surface area contributed by atoms with Crippen LogP contribution in [-0.2, 0) is 9.59 Å². The monoisotopic (exact) mass is 432 g/mol. The standard InChI is InChI=1S/C20H26N2O3.C2H2O4/c1-23-17-13-16(14-18(24-2)20(17)25-3)19(15-7-5-4-6-8-15)22-11-9-21-10-12-22;3-1(4)2(5)6/h4-8,13-14,19,21H,9-12H2,1-3H3;(H,3,4)(H,5,6). The lowest BCUT2D eigenvalue weighted by atomic mass is 9.95. The number of ether oxygens (including phenoxy) is 3. The number of carboxylic acid groups (broad SMARTS) is 2. The number of methoxy groups -OCH3 is 3. The number of carboxylic acids is 2. The van der Waals surface area contributed by atoms with Gasteiger partial charge in [0, 0.05) is 26.2 Å². The Morgan fingerprint density at radius 3 is 1.81 bits per heavy atom. The summed E-state index contributed by atoms with van der Waals surface area (Å²) in [7, 11) is 4.94. The molecule has 0 amide bonds. The lowest BCUT2D eigenvalue weighted by molar-refractivity contribution is -0.159. The summed E-state index contributed by atoms with van der Waals surface area (Å²) in [6, 6.07) is 14.8. The van der Waals surface area contributed by atoms with Crippen molar-refractivity contribution < 1.29 is 34.0 Å². The van der Waals surface area contributed by atoms with Crippen molar-refractivity contribution in [1.29, 1.82) is 0 Å². The number of aliphatic carboxylic acids is 2. The summed E-state index contributed by atoms with van der Waals surface area (Å²) < 4.78 is 16.6. The molecule has 0 radical (unpaired) electrons. The fourth-order valence-electron chi connectivity index (χ4n) is 3.45. The molecule has 9 nitrogen and oxygen atoms in total. The van der Waals surface area contributed by atoms with E-state index in [1.807, 2.05) is 6.07 Å². The highest BCUT2D eigenvalue weighted by molar-refractivity contribution is 6.27. The lowest BCUT2D eigenvalue weighted by Crippen LogP contribution is -2.45. The molecule has 1 fully saturated rings. The first-order valence-corrected chi connectivity index (χ1v) is 9.68. The van der Waals surface area contributed by atoms with Crippen LogP contribution in [0.4, 0.5) is 0 Å². The summed E-state index contributed by atoms with van der Waals surface area (Å²) in [5, 5.41) is 18.2. The van der Waals surface area contributed by atoms with Crippen molar-refractivity contribution >= 4 is 11.9 Å². The van der Waals surface area contributed by atoms with E-state index in [-0.39, 0.29) is 6.04 Å². The molecule has 0 aliphatic carbocycles. The molecular weight excluding hydrogens is 404 g/mol. The van der Waals surface area contributed by atoms with Crippen LogP contribution in [0, 0.1) is 0 Å². The quantitative estimate of drug-likeness (QED) is 0.588. The molecule has 1 aliphatic rings. The SMILES string of the molecule is COc1cc(C(c2ccccc2)N2CCNCC2)cc(OC)c1OC.O=C(O)C(=O)O. The minimum absolute atomic E-state index is 0.150. The van der Waals surface area contributed by atoms with E-state index >= 15 is 0 Å². The largest absolute Gasteiger partial charge is 0.493 e. The molecule has 31 heavy (non-hydrogen) atoms. The molecule has 2 aromatic rings. The van der Waals surface area contributed by atoms with Crippen LogP contribution in [0.1, 0.15) is 17.2 Å². The van der Waals surface area contributed by atoms with Crippen LogP contribution in [0.15, 0.2) is 42.5 Å². The summed E-state index contributed by atoms with van der Waals surface area (Å²) in [6.45, 7) is 3.98. The van der Waals surface area contributed by atoms with Gasteiger partial charge < -0.3 is 29.7 Å². The van der Waals surface area contributed by atoms with Gasteiger partial charge in [-0.1, -0.05) is 30.3 Å². The second-order valence-corrected chi connectivity index (χ2v) is 6.67. The van der Waals surface area contributed by atoms with Gasteiger partial charge in [-0.25, -0.2) is 9.59 Å². The summed E-state index contributed by atoms with van der Waals surface area (Å²) in [6.07, 6.45) is 0. The van der Waals surface area contributed by atoms with E-state index in [4.69, 9.17) is 34.0 Å². The molecule has 1 aliphatic heterocycles. The maximum Gasteiger partial charge on any atom is 0.414 e. The molecule has 3 N–H and O–H groups in total. The number of hydrogen-bond donors (Lipinski definition) is 3. The first-order valence-electron chi connectivity index (χ1n) is 9.68. The van der Waals surface area contributed by atoms with E-state index in [1.165, 1.54) is 5.56 Å². The minimum atomic E-state index is -1.82. The van der Waals surface area contributed by atoms with E-state index in [1.54, 1.807) is 21.3 Å². The Morgan fingerprint density at radius 1 is 0.871 bits per heavy atom. The Bertz CT molecular complexity index is 830. The van der Waals surface area contributed by atoms with Gasteiger partial charge >= 0.3 is 11.9 Å². The zero-order chi connectivity index (χ0) is 22.8. The lowest BCUT2D eigenvalue weighted by Gasteiger charge is -2.36. The van der Waals surface area contributed by atoms with Crippen LogP contribution in [-0.4, -0.2) is 74.6 Å². The Hall–Kier alpha value is -3.30. The Morgan fingerprint density at radius 2 is 1.39 bits per heavy atom. The zero-order valence-corrected chi connectivity index (χ0v) is 17.8. The maximum absolute atomic E-state index is 9.10. The third-order valence-electron chi connectivity index (χ3n) is 4.82. The van der Waals surface area contributed by atoms with E-state index in [2.05, 4.69) is 46.6 Å². The van der Waals surface area contributed by atoms with Crippen LogP contribution >= 0.6 is 0 Å². The highest BCUT2D eigenvalue weighted by atomic mass is 16.5. The van der Waals surface area contributed by atoms with Crippen molar-refractivity contribution in [3.05, 3.63) is 53.6 Å². The van der Waals surface area contributed by atoms with E-state index in [0.717, 1.165) is 31.7 Å². The number of benzene rings is 2. The molecule has 1 heterocycles. The second kappa shape index (κ2) is 11.8. The van der Waals surface area contributed by atoms with Crippen LogP contribution in [0.2, 0.25) is 0 Å². The van der Waals surface area contributed by atoms with Crippen molar-refractivity contribution in [3.63, 3.8) is 0 Å². The van der Waals surface area contributed by atoms with Gasteiger partial charge in [0.05, 0.1) is 27.4 Å². The minimum Gasteiger partial charge on any atom is -0.493 e. The molecular formula is C22H28N2O7. The molecule has 168 valence electrons. The van der Waals surface area contributed by atoms with E-state index < -0.39 is 11.9 Å². The highest BCUT2D eigenvalue weighted by Crippen LogP contribution is 2.42. The highest BCUT2D eigenvalue weighted by Gasteiger charge is 2.26. The number of nitrogens with one attached hydrogen (secondary N) is 1. The summed E-state index contributed by atoms with van der Waals surface area (Å²) in [5.41, 5.74) is 2.40. The molecule has 1 unspecified atom stereocenters. The van der Waals surface area contributed by atoms with Crippen LogP contribution in [0.25, 0.3) is 0 Å². The van der Waals surface area contributed by atoms with E-state index in [0.29, 0.717) is 17.2 Å². The van der Waals surface area contributed by atoms with Crippen LogP contribution in [0.5, 0.6) is 17.2 Å². The Labute approximate surface area is 181 Å². The number of nitrogens with zero attached hydrogens (tertiary/aromatic N) is 1. The molecule has 1 atom stereocenters. The van der Waals surface area contributed by atoms with Crippen molar-refractivity contribution in [2.75, 3.05) is 47.5 Å². The van der Waals surface area contributed by atoms with Crippen LogP contribution < -0.4 is 19.5 Å². The average Bonchev–Trinajstić information content (AvgIpc) is 2.80. The Kier molecular flexibility index (Phi) is 9.11.